The highest BCUT2D eigenvalue weighted by Gasteiger charge is 2.44. The quantitative estimate of drug-likeness (QED) is 0.286. The number of aliphatic hydroxyl groups is 1. The van der Waals surface area contributed by atoms with Gasteiger partial charge in [-0.3, -0.25) is 4.79 Å². The normalized spacial score (nSPS) is 20.3. The number of hydrogen-bond donors (Lipinski definition) is 3. The number of phenols is 1. The Bertz CT molecular complexity index is 1690. The fourth-order valence-electron chi connectivity index (χ4n) is 6.63. The molecule has 252 valence electrons. The monoisotopic (exact) mass is 758 g/mol. The van der Waals surface area contributed by atoms with Gasteiger partial charge < -0.3 is 39.7 Å². The molecule has 0 radical (unpaired) electrons. The summed E-state index contributed by atoms with van der Waals surface area (Å²) in [6.07, 6.45) is 1.23. The Morgan fingerprint density at radius 2 is 1.91 bits per heavy atom. The summed E-state index contributed by atoms with van der Waals surface area (Å²) in [6, 6.07) is 8.73. The van der Waals surface area contributed by atoms with Gasteiger partial charge in [0, 0.05) is 39.6 Å². The number of hydrogen-bond acceptors (Lipinski definition) is 10. The fourth-order valence-corrected chi connectivity index (χ4v) is 7.44. The van der Waals surface area contributed by atoms with Gasteiger partial charge in [-0.15, -0.1) is 0 Å². The summed E-state index contributed by atoms with van der Waals surface area (Å²) in [5, 5.41) is 25.9. The number of halogens is 1. The van der Waals surface area contributed by atoms with Crippen LogP contribution in [0.4, 0.5) is 10.6 Å². The second-order valence-corrected chi connectivity index (χ2v) is 15.6. The molecular formula is C34H43IN6O6. The maximum atomic E-state index is 14.1. The number of carbonyl (C=O) groups is 2. The standard InChI is InChI=1S/C34H43IN6O6/c1-33(2,3)47-32(45)36-21-12-23(43)15-40(14-21)29-25-16-41(30(44)24-13-22(42)11-20-7-6-8-26(35)28(20)24)17-27(25)37-31(38-29)46-19-34(9-10-34)18-39(4)5/h6-8,11,13,21,23,42-43H,9-10,12,14-19H2,1-5H3,(H,36,45). The molecule has 2 unspecified atom stereocenters. The molecular weight excluding hydrogens is 715 g/mol. The first kappa shape index (κ1) is 33.5. The van der Waals surface area contributed by atoms with Gasteiger partial charge in [0.2, 0.25) is 0 Å². The van der Waals surface area contributed by atoms with E-state index >= 15 is 0 Å². The van der Waals surface area contributed by atoms with Gasteiger partial charge in [-0.2, -0.15) is 9.97 Å². The van der Waals surface area contributed by atoms with E-state index in [1.54, 1.807) is 31.7 Å². The van der Waals surface area contributed by atoms with E-state index in [9.17, 15) is 19.8 Å². The van der Waals surface area contributed by atoms with Crippen LogP contribution in [0.3, 0.4) is 0 Å². The summed E-state index contributed by atoms with van der Waals surface area (Å²) >= 11 is 2.21. The number of ether oxygens (including phenoxy) is 2. The third-order valence-corrected chi connectivity index (χ3v) is 9.63. The van der Waals surface area contributed by atoms with E-state index in [4.69, 9.17) is 19.4 Å². The van der Waals surface area contributed by atoms with E-state index in [1.807, 2.05) is 23.1 Å². The third kappa shape index (κ3) is 7.67. The fraction of sp³-hybridized carbons (Fsp3) is 0.529. The largest absolute Gasteiger partial charge is 0.508 e. The number of piperidine rings is 1. The van der Waals surface area contributed by atoms with Crippen LogP contribution in [0, 0.1) is 8.99 Å². The topological polar surface area (TPSA) is 141 Å². The number of benzene rings is 2. The Morgan fingerprint density at radius 3 is 2.62 bits per heavy atom. The van der Waals surface area contributed by atoms with E-state index in [0.29, 0.717) is 43.2 Å². The zero-order valence-electron chi connectivity index (χ0n) is 27.5. The molecule has 2 fully saturated rings. The molecule has 3 aromatic rings. The minimum Gasteiger partial charge on any atom is -0.508 e. The summed E-state index contributed by atoms with van der Waals surface area (Å²) in [5.41, 5.74) is 1.26. The summed E-state index contributed by atoms with van der Waals surface area (Å²) < 4.78 is 12.7. The summed E-state index contributed by atoms with van der Waals surface area (Å²) in [4.78, 5) is 42.2. The number of fused-ring (bicyclic) bond motifs is 2. The van der Waals surface area contributed by atoms with Gasteiger partial charge in [-0.05, 0) is 100 Å². The predicted molar refractivity (Wildman–Crippen MR) is 186 cm³/mol. The van der Waals surface area contributed by atoms with Crippen LogP contribution in [0.15, 0.2) is 30.3 Å². The maximum Gasteiger partial charge on any atom is 0.407 e. The van der Waals surface area contributed by atoms with Gasteiger partial charge in [0.25, 0.3) is 5.91 Å². The number of β-amino-alcohol motifs (C(OH)–C–C–N with tert-alkyl or cyclic N) is 1. The molecule has 1 saturated heterocycles. The molecule has 2 amide bonds. The first-order valence-electron chi connectivity index (χ1n) is 16.0. The zero-order valence-corrected chi connectivity index (χ0v) is 29.7. The van der Waals surface area contributed by atoms with Crippen molar-refractivity contribution >= 4 is 51.2 Å². The minimum absolute atomic E-state index is 0.0216. The molecule has 6 rings (SSSR count). The minimum atomic E-state index is -0.728. The van der Waals surface area contributed by atoms with E-state index in [-0.39, 0.29) is 36.2 Å². The van der Waals surface area contributed by atoms with Crippen LogP contribution in [-0.4, -0.2) is 100 Å². The highest BCUT2D eigenvalue weighted by atomic mass is 127. The molecule has 3 N–H and O–H groups in total. The van der Waals surface area contributed by atoms with Crippen LogP contribution in [-0.2, 0) is 17.8 Å². The molecule has 47 heavy (non-hydrogen) atoms. The number of nitrogens with one attached hydrogen (secondary N) is 1. The molecule has 0 spiro atoms. The van der Waals surface area contributed by atoms with Crippen LogP contribution in [0.5, 0.6) is 11.8 Å². The van der Waals surface area contributed by atoms with Crippen LogP contribution < -0.4 is 15.0 Å². The molecule has 3 aliphatic rings. The van der Waals surface area contributed by atoms with E-state index < -0.39 is 23.8 Å². The van der Waals surface area contributed by atoms with Crippen LogP contribution in [0.25, 0.3) is 10.8 Å². The number of aromatic hydroxyl groups is 1. The predicted octanol–water partition coefficient (Wildman–Crippen LogP) is 4.28. The van der Waals surface area contributed by atoms with Crippen molar-refractivity contribution in [3.8, 4) is 11.8 Å². The summed E-state index contributed by atoms with van der Waals surface area (Å²) in [6.45, 7) is 7.95. The van der Waals surface area contributed by atoms with Gasteiger partial charge in [0.15, 0.2) is 0 Å². The number of aliphatic hydroxyl groups excluding tert-OH is 1. The lowest BCUT2D eigenvalue weighted by Gasteiger charge is -2.37. The van der Waals surface area contributed by atoms with Crippen LogP contribution in [0.2, 0.25) is 0 Å². The number of amides is 2. The number of rotatable bonds is 8. The van der Waals surface area contributed by atoms with Gasteiger partial charge in [-0.25, -0.2) is 4.79 Å². The highest BCUT2D eigenvalue weighted by Crippen LogP contribution is 2.46. The summed E-state index contributed by atoms with van der Waals surface area (Å²) in [7, 11) is 4.10. The smallest absolute Gasteiger partial charge is 0.407 e. The number of carbonyl (C=O) groups excluding carboxylic acids is 2. The van der Waals surface area contributed by atoms with Gasteiger partial charge in [0.05, 0.1) is 43.1 Å². The average Bonchev–Trinajstić information content (AvgIpc) is 3.58. The van der Waals surface area contributed by atoms with Gasteiger partial charge in [0.1, 0.15) is 17.2 Å². The number of nitrogens with zero attached hydrogens (tertiary/aromatic N) is 5. The molecule has 1 aliphatic carbocycles. The Labute approximate surface area is 288 Å². The lowest BCUT2D eigenvalue weighted by molar-refractivity contribution is 0.0473. The Morgan fingerprint density at radius 1 is 1.15 bits per heavy atom. The average molecular weight is 759 g/mol. The van der Waals surface area contributed by atoms with Gasteiger partial charge in [-0.1, -0.05) is 12.1 Å². The first-order chi connectivity index (χ1) is 22.2. The van der Waals surface area contributed by atoms with Crippen molar-refractivity contribution in [1.29, 1.82) is 0 Å². The first-order valence-corrected chi connectivity index (χ1v) is 17.1. The van der Waals surface area contributed by atoms with Crippen molar-refractivity contribution in [3.05, 3.63) is 50.7 Å². The number of anilines is 1. The van der Waals surface area contributed by atoms with E-state index in [1.165, 1.54) is 6.07 Å². The number of phenolic OH excluding ortho intramolecular Hbond substituents is 1. The molecule has 1 saturated carbocycles. The van der Waals surface area contributed by atoms with Crippen molar-refractivity contribution in [1.82, 2.24) is 25.1 Å². The Hall–Kier alpha value is -3.43. The van der Waals surface area contributed by atoms with Crippen molar-refractivity contribution in [2.24, 2.45) is 5.41 Å². The molecule has 3 heterocycles. The van der Waals surface area contributed by atoms with Crippen molar-refractivity contribution in [3.63, 3.8) is 0 Å². The lowest BCUT2D eigenvalue weighted by Crippen LogP contribution is -2.53. The van der Waals surface area contributed by atoms with Crippen molar-refractivity contribution in [2.75, 3.05) is 45.2 Å². The maximum absolute atomic E-state index is 14.1. The van der Waals surface area contributed by atoms with E-state index in [0.717, 1.165) is 39.3 Å². The Kier molecular flexibility index (Phi) is 9.17. The van der Waals surface area contributed by atoms with Gasteiger partial charge >= 0.3 is 12.1 Å². The molecule has 13 heteroatoms. The summed E-state index contributed by atoms with van der Waals surface area (Å²) in [5.74, 6) is 0.364. The Balaban J connectivity index is 1.31. The van der Waals surface area contributed by atoms with E-state index in [2.05, 4.69) is 46.9 Å². The molecule has 0 bridgehead atoms. The highest BCUT2D eigenvalue weighted by molar-refractivity contribution is 14.1. The van der Waals surface area contributed by atoms with Crippen molar-refractivity contribution < 1.29 is 29.3 Å². The van der Waals surface area contributed by atoms with Crippen LogP contribution in [0.1, 0.15) is 61.6 Å². The molecule has 12 nitrogen and oxygen atoms in total. The molecule has 2 atom stereocenters. The van der Waals surface area contributed by atoms with Crippen LogP contribution >= 0.6 is 22.6 Å². The second kappa shape index (κ2) is 12.9. The van der Waals surface area contributed by atoms with Crippen molar-refractivity contribution in [2.45, 2.75) is 70.9 Å². The zero-order chi connectivity index (χ0) is 33.7. The molecule has 1 aromatic heterocycles. The second-order valence-electron chi connectivity index (χ2n) is 14.4. The lowest BCUT2D eigenvalue weighted by atomic mass is 10.0. The molecule has 2 aromatic carbocycles. The molecule has 2 aliphatic heterocycles. The number of aromatic nitrogens is 2. The SMILES string of the molecule is CN(C)CC1(COc2nc3c(c(N4CC(O)CC(NC(=O)OC(C)(C)C)C4)n2)CN(C(=O)c2cc(O)cc4cccc(I)c24)C3)CC1. The third-order valence-electron chi connectivity index (χ3n) is 8.73. The number of alkyl carbamates (subject to hydrolysis) is 1.